The average molecular weight is 355 g/mol. The average Bonchev–Trinajstić information content (AvgIpc) is 2.28. The van der Waals surface area contributed by atoms with Crippen molar-refractivity contribution in [3.8, 4) is 0 Å². The molecule has 1 fully saturated rings. The minimum Gasteiger partial charge on any atom is -0.387 e. The number of benzene rings is 1. The third-order valence-electron chi connectivity index (χ3n) is 3.13. The van der Waals surface area contributed by atoms with E-state index in [1.54, 1.807) is 0 Å². The van der Waals surface area contributed by atoms with Crippen LogP contribution in [-0.2, 0) is 10.0 Å². The van der Waals surface area contributed by atoms with Gasteiger partial charge in [-0.2, -0.15) is 4.31 Å². The number of nitrogens with zero attached hydrogens (tertiary/aromatic N) is 1. The van der Waals surface area contributed by atoms with Crippen LogP contribution in [0.15, 0.2) is 27.6 Å². The molecule has 1 heterocycles. The van der Waals surface area contributed by atoms with E-state index < -0.39 is 15.6 Å². The number of β-amino-alcohol motifs (C(OH)–C–C–N with tert-alkyl or cyclic N) is 1. The Hall–Kier alpha value is -0.140. The number of hydrogen-bond donors (Lipinski definition) is 1. The number of aliphatic hydroxyl groups is 1. The molecule has 0 aromatic heterocycles. The third kappa shape index (κ3) is 2.44. The topological polar surface area (TPSA) is 57.6 Å². The first-order valence-corrected chi connectivity index (χ1v) is 8.07. The van der Waals surface area contributed by atoms with Crippen LogP contribution in [0.25, 0.3) is 0 Å². The fourth-order valence-electron chi connectivity index (χ4n) is 1.79. The summed E-state index contributed by atoms with van der Waals surface area (Å²) in [5.74, 6) is 0. The van der Waals surface area contributed by atoms with Gasteiger partial charge in [-0.25, -0.2) is 8.42 Å². The molecule has 100 valence electrons. The first kappa shape index (κ1) is 14.3. The summed E-state index contributed by atoms with van der Waals surface area (Å²) < 4.78 is 26.3. The van der Waals surface area contributed by atoms with Crippen molar-refractivity contribution in [2.75, 3.05) is 13.1 Å². The summed E-state index contributed by atoms with van der Waals surface area (Å²) >= 11 is 9.03. The second-order valence-corrected chi connectivity index (χ2v) is 7.63. The SMILES string of the molecule is CCC1(O)CN(S(=O)(=O)c2ccc(Cl)c(Br)c2)C1. The van der Waals surface area contributed by atoms with Crippen LogP contribution in [0.3, 0.4) is 0 Å². The van der Waals surface area contributed by atoms with Crippen molar-refractivity contribution in [3.05, 3.63) is 27.7 Å². The van der Waals surface area contributed by atoms with E-state index in [9.17, 15) is 13.5 Å². The molecule has 0 saturated carbocycles. The van der Waals surface area contributed by atoms with Gasteiger partial charge in [-0.15, -0.1) is 0 Å². The molecule has 1 aliphatic heterocycles. The minimum atomic E-state index is -3.54. The third-order valence-corrected chi connectivity index (χ3v) is 6.13. The summed E-state index contributed by atoms with van der Waals surface area (Å²) in [6.07, 6.45) is 0.545. The van der Waals surface area contributed by atoms with E-state index in [-0.39, 0.29) is 18.0 Å². The van der Waals surface area contributed by atoms with Crippen LogP contribution < -0.4 is 0 Å². The minimum absolute atomic E-state index is 0.145. The Balaban J connectivity index is 2.25. The first-order chi connectivity index (χ1) is 8.28. The van der Waals surface area contributed by atoms with Crippen LogP contribution in [0.2, 0.25) is 5.02 Å². The Bertz CT molecular complexity index is 570. The number of hydrogen-bond acceptors (Lipinski definition) is 3. The van der Waals surface area contributed by atoms with Gasteiger partial charge in [0.25, 0.3) is 0 Å². The molecule has 18 heavy (non-hydrogen) atoms. The van der Waals surface area contributed by atoms with E-state index in [0.29, 0.717) is 15.9 Å². The smallest absolute Gasteiger partial charge is 0.243 e. The maximum Gasteiger partial charge on any atom is 0.243 e. The van der Waals surface area contributed by atoms with Crippen LogP contribution in [-0.4, -0.2) is 36.5 Å². The lowest BCUT2D eigenvalue weighted by molar-refractivity contribution is -0.0613. The molecule has 2 rings (SSSR count). The van der Waals surface area contributed by atoms with Crippen molar-refractivity contribution in [3.63, 3.8) is 0 Å². The van der Waals surface area contributed by atoms with Crippen LogP contribution in [0.4, 0.5) is 0 Å². The second kappa shape index (κ2) is 4.76. The monoisotopic (exact) mass is 353 g/mol. The normalized spacial score (nSPS) is 19.6. The highest BCUT2D eigenvalue weighted by Crippen LogP contribution is 2.32. The molecular formula is C11H13BrClNO3S. The van der Waals surface area contributed by atoms with E-state index in [1.165, 1.54) is 22.5 Å². The molecule has 1 saturated heterocycles. The van der Waals surface area contributed by atoms with Crippen molar-refractivity contribution in [2.24, 2.45) is 0 Å². The van der Waals surface area contributed by atoms with Crippen LogP contribution in [0.5, 0.6) is 0 Å². The van der Waals surface area contributed by atoms with E-state index in [0.717, 1.165) is 0 Å². The molecule has 0 aliphatic carbocycles. The van der Waals surface area contributed by atoms with Gasteiger partial charge in [-0.1, -0.05) is 18.5 Å². The van der Waals surface area contributed by atoms with E-state index in [1.807, 2.05) is 6.92 Å². The first-order valence-electron chi connectivity index (χ1n) is 5.46. The van der Waals surface area contributed by atoms with Gasteiger partial charge in [0.05, 0.1) is 15.5 Å². The molecule has 1 N–H and O–H groups in total. The van der Waals surface area contributed by atoms with E-state index in [2.05, 4.69) is 15.9 Å². The van der Waals surface area contributed by atoms with Gasteiger partial charge >= 0.3 is 0 Å². The van der Waals surface area contributed by atoms with Gasteiger partial charge in [0.15, 0.2) is 0 Å². The van der Waals surface area contributed by atoms with Gasteiger partial charge in [-0.05, 0) is 40.5 Å². The van der Waals surface area contributed by atoms with Crippen molar-refractivity contribution in [1.29, 1.82) is 0 Å². The molecule has 1 aromatic carbocycles. The lowest BCUT2D eigenvalue weighted by Gasteiger charge is -2.44. The molecule has 0 bridgehead atoms. The quantitative estimate of drug-likeness (QED) is 0.906. The summed E-state index contributed by atoms with van der Waals surface area (Å²) in [6, 6.07) is 4.47. The van der Waals surface area contributed by atoms with Crippen molar-refractivity contribution in [2.45, 2.75) is 23.8 Å². The summed E-state index contributed by atoms with van der Waals surface area (Å²) in [7, 11) is -3.54. The van der Waals surface area contributed by atoms with Crippen LogP contribution >= 0.6 is 27.5 Å². The molecule has 4 nitrogen and oxygen atoms in total. The summed E-state index contributed by atoms with van der Waals surface area (Å²) in [5, 5.41) is 10.3. The summed E-state index contributed by atoms with van der Waals surface area (Å²) in [6.45, 7) is 2.13. The highest BCUT2D eigenvalue weighted by atomic mass is 79.9. The largest absolute Gasteiger partial charge is 0.387 e. The zero-order valence-corrected chi connectivity index (χ0v) is 12.9. The molecule has 0 spiro atoms. The number of rotatable bonds is 3. The molecule has 0 atom stereocenters. The standard InChI is InChI=1S/C11H13BrClNO3S/c1-2-11(15)6-14(7-11)18(16,17)8-3-4-10(13)9(12)5-8/h3-5,15H,2,6-7H2,1H3. The van der Waals surface area contributed by atoms with Crippen molar-refractivity contribution in [1.82, 2.24) is 4.31 Å². The molecule has 0 amide bonds. The van der Waals surface area contributed by atoms with Gasteiger partial charge in [0.2, 0.25) is 10.0 Å². The highest BCUT2D eigenvalue weighted by Gasteiger charge is 2.45. The summed E-state index contributed by atoms with van der Waals surface area (Å²) in [5.41, 5.74) is -0.878. The van der Waals surface area contributed by atoms with Gasteiger partial charge in [-0.3, -0.25) is 0 Å². The summed E-state index contributed by atoms with van der Waals surface area (Å²) in [4.78, 5) is 0.178. The molecule has 0 radical (unpaired) electrons. The molecule has 1 aromatic rings. The maximum absolute atomic E-state index is 12.2. The zero-order valence-electron chi connectivity index (χ0n) is 9.73. The highest BCUT2D eigenvalue weighted by molar-refractivity contribution is 9.10. The van der Waals surface area contributed by atoms with E-state index >= 15 is 0 Å². The van der Waals surface area contributed by atoms with E-state index in [4.69, 9.17) is 11.6 Å². The number of sulfonamides is 1. The predicted molar refractivity (Wildman–Crippen MR) is 73.2 cm³/mol. The fraction of sp³-hybridized carbons (Fsp3) is 0.455. The van der Waals surface area contributed by atoms with Crippen LogP contribution in [0.1, 0.15) is 13.3 Å². The zero-order chi connectivity index (χ0) is 13.6. The Labute approximate surface area is 120 Å². The van der Waals surface area contributed by atoms with Crippen LogP contribution in [0, 0.1) is 0 Å². The lowest BCUT2D eigenvalue weighted by atomic mass is 9.94. The Morgan fingerprint density at radius 2 is 2.11 bits per heavy atom. The Morgan fingerprint density at radius 1 is 1.50 bits per heavy atom. The predicted octanol–water partition coefficient (Wildman–Crippen LogP) is 2.25. The van der Waals surface area contributed by atoms with Crippen molar-refractivity contribution >= 4 is 37.6 Å². The molecule has 7 heteroatoms. The van der Waals surface area contributed by atoms with Gasteiger partial charge in [0.1, 0.15) is 0 Å². The van der Waals surface area contributed by atoms with Gasteiger partial charge in [0, 0.05) is 17.6 Å². The molecule has 1 aliphatic rings. The molecular weight excluding hydrogens is 342 g/mol. The lowest BCUT2D eigenvalue weighted by Crippen LogP contribution is -2.62. The van der Waals surface area contributed by atoms with Gasteiger partial charge < -0.3 is 5.11 Å². The Morgan fingerprint density at radius 3 is 2.61 bits per heavy atom. The Kier molecular flexibility index (Phi) is 3.77. The molecule has 0 unspecified atom stereocenters. The maximum atomic E-state index is 12.2. The van der Waals surface area contributed by atoms with Crippen molar-refractivity contribution < 1.29 is 13.5 Å². The fourth-order valence-corrected chi connectivity index (χ4v) is 4.06. The number of halogens is 2. The second-order valence-electron chi connectivity index (χ2n) is 4.43.